The molecule has 1 rings (SSSR count). The average Bonchev–Trinajstić information content (AvgIpc) is 2.69. The van der Waals surface area contributed by atoms with Crippen molar-refractivity contribution in [3.05, 3.63) is 0 Å². The fraction of sp³-hybridized carbons (Fsp3) is 0.727. The number of nitrogens with zero attached hydrogens (tertiary/aromatic N) is 2. The minimum atomic E-state index is -3.35. The highest BCUT2D eigenvalue weighted by atomic mass is 32.2. The van der Waals surface area contributed by atoms with Crippen molar-refractivity contribution in [1.29, 1.82) is 0 Å². The summed E-state index contributed by atoms with van der Waals surface area (Å²) in [5.41, 5.74) is 5.60. The molecule has 1 heterocycles. The number of anilines is 2. The van der Waals surface area contributed by atoms with Gasteiger partial charge in [0.15, 0.2) is 15.7 Å². The van der Waals surface area contributed by atoms with Crippen LogP contribution in [0.4, 0.5) is 10.8 Å². The highest BCUT2D eigenvalue weighted by Gasteiger charge is 2.21. The molecule has 0 aliphatic rings. The summed E-state index contributed by atoms with van der Waals surface area (Å²) >= 11 is 1.09. The lowest BCUT2D eigenvalue weighted by atomic mass is 10.2. The Kier molecular flexibility index (Phi) is 5.57. The number of likely N-dealkylation sites (N-methyl/N-ethyl adjacent to an activating group) is 1. The van der Waals surface area contributed by atoms with Crippen molar-refractivity contribution in [2.45, 2.75) is 31.2 Å². The Morgan fingerprint density at radius 3 is 2.68 bits per heavy atom. The molecule has 0 saturated carbocycles. The molecule has 19 heavy (non-hydrogen) atoms. The van der Waals surface area contributed by atoms with Crippen LogP contribution in [0.25, 0.3) is 0 Å². The van der Waals surface area contributed by atoms with Crippen LogP contribution < -0.4 is 11.1 Å². The number of sulfone groups is 1. The largest absolute Gasteiger partial charge is 0.382 e. The number of nitrogen functional groups attached to an aromatic ring is 1. The summed E-state index contributed by atoms with van der Waals surface area (Å²) in [4.78, 5) is 2.33. The highest BCUT2D eigenvalue weighted by Crippen LogP contribution is 2.30. The van der Waals surface area contributed by atoms with Gasteiger partial charge in [0.2, 0.25) is 0 Å². The van der Waals surface area contributed by atoms with E-state index in [-0.39, 0.29) is 10.7 Å². The third-order valence-electron chi connectivity index (χ3n) is 3.14. The molecule has 8 heteroatoms. The second kappa shape index (κ2) is 6.53. The molecule has 110 valence electrons. The fourth-order valence-corrected chi connectivity index (χ4v) is 3.74. The highest BCUT2D eigenvalue weighted by molar-refractivity contribution is 7.91. The minimum absolute atomic E-state index is 0.0743. The maximum Gasteiger partial charge on any atom is 0.182 e. The molecule has 0 bridgehead atoms. The summed E-state index contributed by atoms with van der Waals surface area (Å²) in [6.45, 7) is 5.79. The lowest BCUT2D eigenvalue weighted by Crippen LogP contribution is -2.32. The predicted molar refractivity (Wildman–Crippen MR) is 80.5 cm³/mol. The Morgan fingerprint density at radius 2 is 2.16 bits per heavy atom. The predicted octanol–water partition coefficient (Wildman–Crippen LogP) is 1.27. The van der Waals surface area contributed by atoms with Gasteiger partial charge in [0.05, 0.1) is 0 Å². The standard InChI is InChI=1S/C11H22N4O2S2/c1-5-8(2)15(3)7-6-13-11-9(19(4,16)17)10(12)14-18-11/h8,13H,5-7H2,1-4H3,(H2,12,14). The molecule has 0 saturated heterocycles. The van der Waals surface area contributed by atoms with E-state index in [1.165, 1.54) is 0 Å². The summed E-state index contributed by atoms with van der Waals surface area (Å²) in [6.07, 6.45) is 2.22. The first kappa shape index (κ1) is 16.2. The van der Waals surface area contributed by atoms with E-state index < -0.39 is 9.84 Å². The molecule has 0 aliphatic heterocycles. The molecule has 0 radical (unpaired) electrons. The quantitative estimate of drug-likeness (QED) is 0.789. The van der Waals surface area contributed by atoms with Gasteiger partial charge in [0.25, 0.3) is 0 Å². The fourth-order valence-electron chi connectivity index (χ4n) is 1.64. The first-order valence-electron chi connectivity index (χ1n) is 6.16. The summed E-state index contributed by atoms with van der Waals surface area (Å²) in [7, 11) is -1.30. The van der Waals surface area contributed by atoms with Gasteiger partial charge >= 0.3 is 0 Å². The van der Waals surface area contributed by atoms with Crippen LogP contribution in [0.3, 0.4) is 0 Å². The van der Waals surface area contributed by atoms with Gasteiger partial charge in [-0.05, 0) is 31.9 Å². The zero-order chi connectivity index (χ0) is 14.6. The van der Waals surface area contributed by atoms with Crippen LogP contribution in [0.2, 0.25) is 0 Å². The molecule has 0 fully saturated rings. The maximum atomic E-state index is 11.6. The first-order chi connectivity index (χ1) is 8.77. The Balaban J connectivity index is 2.65. The third kappa shape index (κ3) is 4.32. The van der Waals surface area contributed by atoms with E-state index in [4.69, 9.17) is 5.73 Å². The van der Waals surface area contributed by atoms with Crippen molar-refractivity contribution >= 4 is 32.2 Å². The number of nitrogens with one attached hydrogen (secondary N) is 1. The van der Waals surface area contributed by atoms with Crippen LogP contribution in [0.1, 0.15) is 20.3 Å². The number of rotatable bonds is 7. The Bertz CT molecular complexity index is 513. The normalized spacial score (nSPS) is 13.7. The lowest BCUT2D eigenvalue weighted by Gasteiger charge is -2.23. The smallest absolute Gasteiger partial charge is 0.182 e. The molecule has 1 unspecified atom stereocenters. The SMILES string of the molecule is CCC(C)N(C)CCNc1snc(N)c1S(C)(=O)=O. The van der Waals surface area contributed by atoms with Gasteiger partial charge in [-0.25, -0.2) is 8.42 Å². The molecule has 3 N–H and O–H groups in total. The van der Waals surface area contributed by atoms with E-state index in [0.29, 0.717) is 17.6 Å². The minimum Gasteiger partial charge on any atom is -0.382 e. The van der Waals surface area contributed by atoms with E-state index in [1.54, 1.807) is 0 Å². The first-order valence-corrected chi connectivity index (χ1v) is 8.83. The van der Waals surface area contributed by atoms with Crippen molar-refractivity contribution in [3.63, 3.8) is 0 Å². The molecule has 1 atom stereocenters. The van der Waals surface area contributed by atoms with Gasteiger partial charge in [-0.2, -0.15) is 4.37 Å². The second-order valence-corrected chi connectivity index (χ2v) is 7.39. The molecule has 0 aromatic carbocycles. The average molecular weight is 306 g/mol. The second-order valence-electron chi connectivity index (χ2n) is 4.66. The van der Waals surface area contributed by atoms with E-state index in [2.05, 4.69) is 28.4 Å². The van der Waals surface area contributed by atoms with Crippen molar-refractivity contribution in [3.8, 4) is 0 Å². The monoisotopic (exact) mass is 306 g/mol. The number of nitrogens with two attached hydrogens (primary N) is 1. The molecule has 6 nitrogen and oxygen atoms in total. The molecular weight excluding hydrogens is 284 g/mol. The van der Waals surface area contributed by atoms with Crippen molar-refractivity contribution in [2.24, 2.45) is 0 Å². The number of hydrogen-bond acceptors (Lipinski definition) is 7. The van der Waals surface area contributed by atoms with Crippen LogP contribution in [0.15, 0.2) is 4.90 Å². The number of aromatic nitrogens is 1. The van der Waals surface area contributed by atoms with Crippen LogP contribution in [0.5, 0.6) is 0 Å². The van der Waals surface area contributed by atoms with E-state index in [9.17, 15) is 8.42 Å². The maximum absolute atomic E-state index is 11.6. The summed E-state index contributed by atoms with van der Waals surface area (Å²) in [6, 6.07) is 0.503. The van der Waals surface area contributed by atoms with Crippen molar-refractivity contribution in [2.75, 3.05) is 37.4 Å². The molecule has 1 aromatic heterocycles. The van der Waals surface area contributed by atoms with E-state index in [0.717, 1.165) is 30.8 Å². The molecule has 0 aliphatic carbocycles. The van der Waals surface area contributed by atoms with Crippen molar-refractivity contribution in [1.82, 2.24) is 9.27 Å². The topological polar surface area (TPSA) is 88.3 Å². The molecule has 1 aromatic rings. The van der Waals surface area contributed by atoms with E-state index in [1.807, 2.05) is 7.05 Å². The van der Waals surface area contributed by atoms with Gasteiger partial charge in [0, 0.05) is 25.4 Å². The molecular formula is C11H22N4O2S2. The van der Waals surface area contributed by atoms with Gasteiger partial charge in [-0.3, -0.25) is 0 Å². The lowest BCUT2D eigenvalue weighted by molar-refractivity contribution is 0.261. The summed E-state index contributed by atoms with van der Waals surface area (Å²) < 4.78 is 27.1. The zero-order valence-corrected chi connectivity index (χ0v) is 13.4. The summed E-state index contributed by atoms with van der Waals surface area (Å²) in [5.74, 6) is 0.0743. The Morgan fingerprint density at radius 1 is 1.53 bits per heavy atom. The van der Waals surface area contributed by atoms with Gasteiger partial charge in [0.1, 0.15) is 9.90 Å². The van der Waals surface area contributed by atoms with Crippen LogP contribution in [0, 0.1) is 0 Å². The van der Waals surface area contributed by atoms with Gasteiger partial charge < -0.3 is 16.0 Å². The molecule has 0 spiro atoms. The third-order valence-corrected chi connectivity index (χ3v) is 5.24. The van der Waals surface area contributed by atoms with E-state index >= 15 is 0 Å². The van der Waals surface area contributed by atoms with Crippen molar-refractivity contribution < 1.29 is 8.42 Å². The molecule has 0 amide bonds. The zero-order valence-electron chi connectivity index (χ0n) is 11.8. The van der Waals surface area contributed by atoms with Crippen LogP contribution in [-0.2, 0) is 9.84 Å². The summed E-state index contributed by atoms with van der Waals surface area (Å²) in [5, 5.41) is 3.63. The Labute approximate surface area is 119 Å². The van der Waals surface area contributed by atoms with Crippen LogP contribution in [-0.4, -0.2) is 50.1 Å². The Hall–Kier alpha value is -0.860. The van der Waals surface area contributed by atoms with Gasteiger partial charge in [-0.1, -0.05) is 6.92 Å². The van der Waals surface area contributed by atoms with Gasteiger partial charge in [-0.15, -0.1) is 0 Å². The van der Waals surface area contributed by atoms with Crippen LogP contribution >= 0.6 is 11.5 Å². The number of hydrogen-bond donors (Lipinski definition) is 2.